The van der Waals surface area contributed by atoms with Gasteiger partial charge in [-0.2, -0.15) is 0 Å². The molecule has 0 radical (unpaired) electrons. The lowest BCUT2D eigenvalue weighted by atomic mass is 10.1. The Morgan fingerprint density at radius 2 is 1.96 bits per heavy atom. The van der Waals surface area contributed by atoms with Crippen LogP contribution in [0.1, 0.15) is 12.0 Å². The lowest BCUT2D eigenvalue weighted by Gasteiger charge is -2.39. The standard InChI is InChI=1S/C17H19N5O3/c23-15(5-4-13-3-1-6-18-11-13)22-10-9-21(12-14(22)16(24)25)17-19-7-2-8-20-17/h1-3,6-8,11,14H,4-5,9-10,12H2,(H,24,25)/t14-/m0/s1. The topological polar surface area (TPSA) is 99.5 Å². The number of carbonyl (C=O) groups is 2. The van der Waals surface area contributed by atoms with Crippen LogP contribution >= 0.6 is 0 Å². The van der Waals surface area contributed by atoms with E-state index in [4.69, 9.17) is 0 Å². The Morgan fingerprint density at radius 3 is 2.64 bits per heavy atom. The number of hydrogen-bond acceptors (Lipinski definition) is 6. The van der Waals surface area contributed by atoms with Crippen molar-refractivity contribution in [2.24, 2.45) is 0 Å². The molecular weight excluding hydrogens is 322 g/mol. The minimum absolute atomic E-state index is 0.162. The first-order chi connectivity index (χ1) is 12.1. The first-order valence-electron chi connectivity index (χ1n) is 8.08. The molecule has 1 N–H and O–H groups in total. The summed E-state index contributed by atoms with van der Waals surface area (Å²) < 4.78 is 0. The average molecular weight is 341 g/mol. The van der Waals surface area contributed by atoms with Gasteiger partial charge in [-0.15, -0.1) is 0 Å². The molecule has 0 aliphatic carbocycles. The molecule has 0 spiro atoms. The normalized spacial score (nSPS) is 17.4. The van der Waals surface area contributed by atoms with Crippen molar-refractivity contribution in [3.63, 3.8) is 0 Å². The highest BCUT2D eigenvalue weighted by molar-refractivity contribution is 5.84. The van der Waals surface area contributed by atoms with Crippen LogP contribution in [0.2, 0.25) is 0 Å². The molecule has 1 aliphatic heterocycles. The first-order valence-corrected chi connectivity index (χ1v) is 8.08. The van der Waals surface area contributed by atoms with E-state index in [9.17, 15) is 14.7 Å². The van der Waals surface area contributed by atoms with E-state index in [0.29, 0.717) is 25.5 Å². The Kier molecular flexibility index (Phi) is 5.17. The summed E-state index contributed by atoms with van der Waals surface area (Å²) in [5, 5.41) is 9.54. The lowest BCUT2D eigenvalue weighted by molar-refractivity contribution is -0.150. The van der Waals surface area contributed by atoms with Gasteiger partial charge in [0.25, 0.3) is 0 Å². The molecule has 0 aromatic carbocycles. The Morgan fingerprint density at radius 1 is 1.16 bits per heavy atom. The summed E-state index contributed by atoms with van der Waals surface area (Å²) in [6, 6.07) is 4.52. The maximum absolute atomic E-state index is 12.5. The van der Waals surface area contributed by atoms with E-state index < -0.39 is 12.0 Å². The van der Waals surface area contributed by atoms with E-state index in [1.807, 2.05) is 12.1 Å². The number of pyridine rings is 1. The Hall–Kier alpha value is -3.03. The first kappa shape index (κ1) is 16.8. The number of anilines is 1. The fraction of sp³-hybridized carbons (Fsp3) is 0.353. The predicted molar refractivity (Wildman–Crippen MR) is 89.9 cm³/mol. The minimum atomic E-state index is -1.02. The Labute approximate surface area is 145 Å². The van der Waals surface area contributed by atoms with Gasteiger partial charge >= 0.3 is 5.97 Å². The molecule has 1 fully saturated rings. The van der Waals surface area contributed by atoms with E-state index in [1.165, 1.54) is 4.90 Å². The predicted octanol–water partition coefficient (Wildman–Crippen LogP) is 0.606. The van der Waals surface area contributed by atoms with Crippen molar-refractivity contribution >= 4 is 17.8 Å². The third-order valence-corrected chi connectivity index (χ3v) is 4.17. The smallest absolute Gasteiger partial charge is 0.328 e. The molecule has 2 aromatic rings. The third-order valence-electron chi connectivity index (χ3n) is 4.17. The SMILES string of the molecule is O=C(O)[C@@H]1CN(c2ncccn2)CCN1C(=O)CCc1cccnc1. The molecule has 2 aromatic heterocycles. The summed E-state index contributed by atoms with van der Waals surface area (Å²) in [5.74, 6) is -0.698. The number of nitrogens with zero attached hydrogens (tertiary/aromatic N) is 5. The fourth-order valence-electron chi connectivity index (χ4n) is 2.87. The highest BCUT2D eigenvalue weighted by atomic mass is 16.4. The molecule has 130 valence electrons. The molecule has 1 amide bonds. The van der Waals surface area contributed by atoms with E-state index >= 15 is 0 Å². The number of amides is 1. The summed E-state index contributed by atoms with van der Waals surface area (Å²) in [7, 11) is 0. The summed E-state index contributed by atoms with van der Waals surface area (Å²) in [6.45, 7) is 1.02. The molecule has 0 saturated carbocycles. The number of aromatic nitrogens is 3. The van der Waals surface area contributed by atoms with Crippen molar-refractivity contribution in [1.82, 2.24) is 19.9 Å². The van der Waals surface area contributed by atoms with Gasteiger partial charge < -0.3 is 14.9 Å². The van der Waals surface area contributed by atoms with Crippen molar-refractivity contribution in [3.8, 4) is 0 Å². The largest absolute Gasteiger partial charge is 0.480 e. The van der Waals surface area contributed by atoms with Crippen LogP contribution < -0.4 is 4.90 Å². The minimum Gasteiger partial charge on any atom is -0.480 e. The van der Waals surface area contributed by atoms with Gasteiger partial charge in [-0.1, -0.05) is 6.07 Å². The van der Waals surface area contributed by atoms with Crippen LogP contribution in [0.15, 0.2) is 43.0 Å². The molecular formula is C17H19N5O3. The van der Waals surface area contributed by atoms with Gasteiger partial charge in [0, 0.05) is 44.3 Å². The van der Waals surface area contributed by atoms with Gasteiger partial charge in [-0.05, 0) is 24.1 Å². The fourth-order valence-corrected chi connectivity index (χ4v) is 2.87. The van der Waals surface area contributed by atoms with Gasteiger partial charge in [0.15, 0.2) is 0 Å². The summed E-state index contributed by atoms with van der Waals surface area (Å²) in [5.41, 5.74) is 0.957. The number of carboxylic acid groups (broad SMARTS) is 1. The third kappa shape index (κ3) is 4.09. The van der Waals surface area contributed by atoms with Gasteiger partial charge in [0.05, 0.1) is 6.54 Å². The van der Waals surface area contributed by atoms with E-state index in [1.54, 1.807) is 35.8 Å². The van der Waals surface area contributed by atoms with E-state index in [-0.39, 0.29) is 18.9 Å². The van der Waals surface area contributed by atoms with Crippen molar-refractivity contribution in [2.75, 3.05) is 24.5 Å². The maximum Gasteiger partial charge on any atom is 0.328 e. The van der Waals surface area contributed by atoms with Crippen molar-refractivity contribution in [2.45, 2.75) is 18.9 Å². The van der Waals surface area contributed by atoms with Crippen LogP contribution in [0.25, 0.3) is 0 Å². The quantitative estimate of drug-likeness (QED) is 0.850. The highest BCUT2D eigenvalue weighted by Crippen LogP contribution is 2.17. The van der Waals surface area contributed by atoms with Crippen LogP contribution in [0, 0.1) is 0 Å². The number of carboxylic acids is 1. The number of hydrogen-bond donors (Lipinski definition) is 1. The van der Waals surface area contributed by atoms with Crippen molar-refractivity contribution < 1.29 is 14.7 Å². The number of rotatable bonds is 5. The zero-order valence-electron chi connectivity index (χ0n) is 13.7. The molecule has 1 aliphatic rings. The van der Waals surface area contributed by atoms with Crippen LogP contribution in [-0.4, -0.2) is 62.5 Å². The number of piperazine rings is 1. The van der Waals surface area contributed by atoms with Gasteiger partial charge in [0.1, 0.15) is 6.04 Å². The van der Waals surface area contributed by atoms with Crippen LogP contribution in [-0.2, 0) is 16.0 Å². The van der Waals surface area contributed by atoms with Gasteiger partial charge in [-0.3, -0.25) is 9.78 Å². The highest BCUT2D eigenvalue weighted by Gasteiger charge is 2.35. The average Bonchev–Trinajstić information content (AvgIpc) is 2.67. The van der Waals surface area contributed by atoms with Gasteiger partial charge in [-0.25, -0.2) is 14.8 Å². The molecule has 8 heteroatoms. The molecule has 8 nitrogen and oxygen atoms in total. The lowest BCUT2D eigenvalue weighted by Crippen LogP contribution is -2.58. The molecule has 3 heterocycles. The van der Waals surface area contributed by atoms with Crippen LogP contribution in [0.4, 0.5) is 5.95 Å². The second-order valence-corrected chi connectivity index (χ2v) is 5.80. The summed E-state index contributed by atoms with van der Waals surface area (Å²) in [4.78, 5) is 39.7. The second kappa shape index (κ2) is 7.69. The molecule has 1 saturated heterocycles. The molecule has 1 atom stereocenters. The zero-order chi connectivity index (χ0) is 17.6. The summed E-state index contributed by atoms with van der Waals surface area (Å²) >= 11 is 0. The number of aliphatic carboxylic acids is 1. The Balaban J connectivity index is 1.65. The second-order valence-electron chi connectivity index (χ2n) is 5.80. The van der Waals surface area contributed by atoms with Crippen LogP contribution in [0.5, 0.6) is 0 Å². The zero-order valence-corrected chi connectivity index (χ0v) is 13.7. The molecule has 25 heavy (non-hydrogen) atoms. The van der Waals surface area contributed by atoms with E-state index in [2.05, 4.69) is 15.0 Å². The Bertz CT molecular complexity index is 726. The molecule has 0 unspecified atom stereocenters. The summed E-state index contributed by atoms with van der Waals surface area (Å²) in [6.07, 6.45) is 7.43. The number of aryl methyl sites for hydroxylation is 1. The maximum atomic E-state index is 12.5. The van der Waals surface area contributed by atoms with E-state index in [0.717, 1.165) is 5.56 Å². The molecule has 0 bridgehead atoms. The van der Waals surface area contributed by atoms with Gasteiger partial charge in [0.2, 0.25) is 11.9 Å². The number of carbonyl (C=O) groups excluding carboxylic acids is 1. The molecule has 3 rings (SSSR count). The monoisotopic (exact) mass is 341 g/mol. The van der Waals surface area contributed by atoms with Crippen molar-refractivity contribution in [1.29, 1.82) is 0 Å². The van der Waals surface area contributed by atoms with Crippen LogP contribution in [0.3, 0.4) is 0 Å². The van der Waals surface area contributed by atoms with Crippen molar-refractivity contribution in [3.05, 3.63) is 48.5 Å².